The van der Waals surface area contributed by atoms with Crippen molar-refractivity contribution in [2.45, 2.75) is 13.0 Å². The lowest BCUT2D eigenvalue weighted by Crippen LogP contribution is -2.50. The first kappa shape index (κ1) is 26.1. The fourth-order valence-corrected chi connectivity index (χ4v) is 4.42. The van der Waals surface area contributed by atoms with Crippen molar-refractivity contribution in [3.05, 3.63) is 55.0 Å². The summed E-state index contributed by atoms with van der Waals surface area (Å²) in [6, 6.07) is 7.97. The number of carbonyl (C=O) groups excluding carboxylic acids is 1. The van der Waals surface area contributed by atoms with Gasteiger partial charge in [-0.3, -0.25) is 4.79 Å². The Kier molecular flexibility index (Phi) is 8.06. The standard InChI is InChI=1S/C27H33N7O3/c1-5-19(2)27(36)33-10-8-32(9-11-33)25-7-6-20(14-29-25)24-12-23(37-18-22(35)16-31(3)4)17-34-26(24)21(13-28)15-30-34/h5-7,12,14-15,17,19,22,35H,1,8-11,16,18H2,2-4H3/t19?,22-/m0/s1. The van der Waals surface area contributed by atoms with E-state index in [0.29, 0.717) is 49.6 Å². The Labute approximate surface area is 217 Å². The summed E-state index contributed by atoms with van der Waals surface area (Å²) < 4.78 is 7.49. The van der Waals surface area contributed by atoms with Gasteiger partial charge in [-0.15, -0.1) is 6.58 Å². The zero-order valence-corrected chi connectivity index (χ0v) is 21.5. The highest BCUT2D eigenvalue weighted by atomic mass is 16.5. The van der Waals surface area contributed by atoms with Gasteiger partial charge in [0.05, 0.1) is 29.4 Å². The average molecular weight is 504 g/mol. The van der Waals surface area contributed by atoms with Gasteiger partial charge in [0, 0.05) is 50.0 Å². The highest BCUT2D eigenvalue weighted by Gasteiger charge is 2.24. The van der Waals surface area contributed by atoms with E-state index in [0.717, 1.165) is 16.9 Å². The first-order chi connectivity index (χ1) is 17.8. The number of piperazine rings is 1. The number of hydrogen-bond acceptors (Lipinski definition) is 8. The molecule has 0 bridgehead atoms. The number of likely N-dealkylation sites (N-methyl/N-ethyl adjacent to an activating group) is 1. The predicted molar refractivity (Wildman–Crippen MR) is 141 cm³/mol. The predicted octanol–water partition coefficient (Wildman–Crippen LogP) is 2.04. The Balaban J connectivity index is 1.54. The molecule has 0 aliphatic carbocycles. The maximum Gasteiger partial charge on any atom is 0.229 e. The largest absolute Gasteiger partial charge is 0.489 e. The van der Waals surface area contributed by atoms with Gasteiger partial charge in [-0.2, -0.15) is 10.4 Å². The van der Waals surface area contributed by atoms with Crippen LogP contribution in [0.4, 0.5) is 5.82 Å². The van der Waals surface area contributed by atoms with Crippen LogP contribution in [0, 0.1) is 17.2 Å². The maximum absolute atomic E-state index is 12.4. The second kappa shape index (κ2) is 11.4. The number of fused-ring (bicyclic) bond motifs is 1. The number of aliphatic hydroxyl groups excluding tert-OH is 1. The van der Waals surface area contributed by atoms with Crippen molar-refractivity contribution in [3.63, 3.8) is 0 Å². The maximum atomic E-state index is 12.4. The van der Waals surface area contributed by atoms with Crippen LogP contribution in [0.5, 0.6) is 5.75 Å². The van der Waals surface area contributed by atoms with E-state index >= 15 is 0 Å². The Morgan fingerprint density at radius 2 is 2.05 bits per heavy atom. The molecule has 1 fully saturated rings. The van der Waals surface area contributed by atoms with Crippen molar-refractivity contribution >= 4 is 17.2 Å². The van der Waals surface area contributed by atoms with Crippen molar-refractivity contribution in [2.24, 2.45) is 5.92 Å². The Morgan fingerprint density at radius 1 is 1.30 bits per heavy atom. The van der Waals surface area contributed by atoms with Crippen LogP contribution in [0.15, 0.2) is 49.4 Å². The Morgan fingerprint density at radius 3 is 2.68 bits per heavy atom. The molecule has 3 aromatic rings. The molecule has 0 saturated carbocycles. The van der Waals surface area contributed by atoms with Crippen LogP contribution >= 0.6 is 0 Å². The number of nitriles is 1. The van der Waals surface area contributed by atoms with E-state index in [4.69, 9.17) is 9.72 Å². The molecule has 4 heterocycles. The van der Waals surface area contributed by atoms with Gasteiger partial charge in [0.25, 0.3) is 0 Å². The summed E-state index contributed by atoms with van der Waals surface area (Å²) in [5.74, 6) is 1.29. The van der Waals surface area contributed by atoms with Crippen LogP contribution in [0.1, 0.15) is 12.5 Å². The molecule has 1 N–H and O–H groups in total. The summed E-state index contributed by atoms with van der Waals surface area (Å²) in [7, 11) is 3.78. The minimum atomic E-state index is -0.641. The van der Waals surface area contributed by atoms with E-state index in [-0.39, 0.29) is 18.4 Å². The van der Waals surface area contributed by atoms with E-state index in [1.807, 2.05) is 49.0 Å². The number of aromatic nitrogens is 3. The molecule has 0 radical (unpaired) electrons. The monoisotopic (exact) mass is 503 g/mol. The molecule has 2 atom stereocenters. The molecule has 4 rings (SSSR count). The van der Waals surface area contributed by atoms with Gasteiger partial charge in [0.15, 0.2) is 0 Å². The van der Waals surface area contributed by atoms with Crippen molar-refractivity contribution in [3.8, 4) is 22.9 Å². The normalized spacial score (nSPS) is 15.5. The molecule has 37 heavy (non-hydrogen) atoms. The first-order valence-electron chi connectivity index (χ1n) is 12.3. The third-order valence-electron chi connectivity index (χ3n) is 6.44. The minimum Gasteiger partial charge on any atom is -0.489 e. The molecule has 3 aromatic heterocycles. The second-order valence-electron chi connectivity index (χ2n) is 9.52. The molecule has 194 valence electrons. The highest BCUT2D eigenvalue weighted by molar-refractivity contribution is 5.85. The molecule has 1 amide bonds. The zero-order chi connectivity index (χ0) is 26.5. The Bertz CT molecular complexity index is 1290. The molecule has 1 aliphatic rings. The lowest BCUT2D eigenvalue weighted by atomic mass is 10.1. The van der Waals surface area contributed by atoms with Crippen LogP contribution in [0.25, 0.3) is 16.6 Å². The number of pyridine rings is 2. The van der Waals surface area contributed by atoms with Crippen molar-refractivity contribution in [2.75, 3.05) is 58.3 Å². The second-order valence-corrected chi connectivity index (χ2v) is 9.52. The molecule has 1 saturated heterocycles. The number of amides is 1. The van der Waals surface area contributed by atoms with Crippen molar-refractivity contribution < 1.29 is 14.6 Å². The van der Waals surface area contributed by atoms with E-state index in [1.165, 1.54) is 6.20 Å². The van der Waals surface area contributed by atoms with Gasteiger partial charge in [-0.25, -0.2) is 9.50 Å². The van der Waals surface area contributed by atoms with Crippen LogP contribution in [0.3, 0.4) is 0 Å². The summed E-state index contributed by atoms with van der Waals surface area (Å²) in [6.07, 6.45) is 6.05. The van der Waals surface area contributed by atoms with E-state index < -0.39 is 6.10 Å². The SMILES string of the molecule is C=CC(C)C(=O)N1CCN(c2ccc(-c3cc(OC[C@@H](O)CN(C)C)cn4ncc(C#N)c34)cn2)CC1. The van der Waals surface area contributed by atoms with Gasteiger partial charge in [-0.1, -0.05) is 13.0 Å². The van der Waals surface area contributed by atoms with Gasteiger partial charge < -0.3 is 24.5 Å². The average Bonchev–Trinajstić information content (AvgIpc) is 3.33. The van der Waals surface area contributed by atoms with E-state index in [9.17, 15) is 15.2 Å². The summed E-state index contributed by atoms with van der Waals surface area (Å²) >= 11 is 0. The third kappa shape index (κ3) is 5.90. The first-order valence-corrected chi connectivity index (χ1v) is 12.3. The molecule has 1 unspecified atom stereocenters. The van der Waals surface area contributed by atoms with E-state index in [2.05, 4.69) is 22.6 Å². The van der Waals surface area contributed by atoms with Crippen LogP contribution in [0.2, 0.25) is 0 Å². The molecule has 0 spiro atoms. The quantitative estimate of drug-likeness (QED) is 0.442. The summed E-state index contributed by atoms with van der Waals surface area (Å²) in [5.41, 5.74) is 2.70. The fourth-order valence-electron chi connectivity index (χ4n) is 4.42. The number of rotatable bonds is 9. The lowest BCUT2D eigenvalue weighted by Gasteiger charge is -2.36. The van der Waals surface area contributed by atoms with Crippen molar-refractivity contribution in [1.29, 1.82) is 5.26 Å². The van der Waals surface area contributed by atoms with Crippen LogP contribution in [-0.2, 0) is 4.79 Å². The van der Waals surface area contributed by atoms with E-state index in [1.54, 1.807) is 23.0 Å². The number of hydrogen-bond donors (Lipinski definition) is 1. The molecule has 10 nitrogen and oxygen atoms in total. The lowest BCUT2D eigenvalue weighted by molar-refractivity contribution is -0.133. The fraction of sp³-hybridized carbons (Fsp3) is 0.407. The smallest absolute Gasteiger partial charge is 0.229 e. The number of anilines is 1. The third-order valence-corrected chi connectivity index (χ3v) is 6.44. The molecule has 0 aromatic carbocycles. The number of aliphatic hydroxyl groups is 1. The number of nitrogens with zero attached hydrogens (tertiary/aromatic N) is 7. The molecular weight excluding hydrogens is 470 g/mol. The van der Waals surface area contributed by atoms with Gasteiger partial charge >= 0.3 is 0 Å². The topological polar surface area (TPSA) is 110 Å². The van der Waals surface area contributed by atoms with Crippen LogP contribution in [-0.4, -0.2) is 94.9 Å². The molecule has 1 aliphatic heterocycles. The minimum absolute atomic E-state index is 0.104. The number of ether oxygens (including phenoxy) is 1. The molecular formula is C27H33N7O3. The van der Waals surface area contributed by atoms with Gasteiger partial charge in [0.1, 0.15) is 30.3 Å². The van der Waals surface area contributed by atoms with Gasteiger partial charge in [-0.05, 0) is 32.3 Å². The van der Waals surface area contributed by atoms with Crippen molar-refractivity contribution in [1.82, 2.24) is 24.4 Å². The summed E-state index contributed by atoms with van der Waals surface area (Å²) in [6.45, 7) is 8.88. The van der Waals surface area contributed by atoms with Crippen LogP contribution < -0.4 is 9.64 Å². The highest BCUT2D eigenvalue weighted by Crippen LogP contribution is 2.31. The number of carbonyl (C=O) groups is 1. The molecule has 10 heteroatoms. The Hall–Kier alpha value is -3.94. The zero-order valence-electron chi connectivity index (χ0n) is 21.5. The summed E-state index contributed by atoms with van der Waals surface area (Å²) in [5, 5.41) is 24.1. The summed E-state index contributed by atoms with van der Waals surface area (Å²) in [4.78, 5) is 23.0. The van der Waals surface area contributed by atoms with Gasteiger partial charge in [0.2, 0.25) is 5.91 Å².